The van der Waals surface area contributed by atoms with Gasteiger partial charge in [0.25, 0.3) is 11.6 Å². The van der Waals surface area contributed by atoms with Crippen LogP contribution in [0.2, 0.25) is 0 Å². The Labute approximate surface area is 136 Å². The van der Waals surface area contributed by atoms with Crippen LogP contribution in [-0.4, -0.2) is 54.9 Å². The van der Waals surface area contributed by atoms with E-state index in [1.54, 1.807) is 13.0 Å². The zero-order valence-electron chi connectivity index (χ0n) is 12.8. The summed E-state index contributed by atoms with van der Waals surface area (Å²) in [6, 6.07) is 5.75. The number of nitrogens with zero attached hydrogens (tertiary/aromatic N) is 5. The number of hydrogen-bond acceptors (Lipinski definition) is 6. The molecule has 2 aromatic rings. The molecule has 0 saturated heterocycles. The van der Waals surface area contributed by atoms with Gasteiger partial charge >= 0.3 is 5.97 Å². The third-order valence-corrected chi connectivity index (χ3v) is 3.28. The predicted molar refractivity (Wildman–Crippen MR) is 81.8 cm³/mol. The smallest absolute Gasteiger partial charge is 0.305 e. The number of nitro benzene ring substituents is 1. The summed E-state index contributed by atoms with van der Waals surface area (Å²) < 4.78 is 1.26. The number of hydrogen-bond donors (Lipinski definition) is 1. The van der Waals surface area contributed by atoms with Gasteiger partial charge in [-0.25, -0.2) is 4.68 Å². The molecule has 0 spiro atoms. The molecular weight excluding hydrogens is 318 g/mol. The van der Waals surface area contributed by atoms with Crippen molar-refractivity contribution in [2.24, 2.45) is 0 Å². The summed E-state index contributed by atoms with van der Waals surface area (Å²) >= 11 is 0. The van der Waals surface area contributed by atoms with E-state index in [1.165, 1.54) is 34.0 Å². The SMILES string of the molecule is CCN(CCC(=O)O)C(=O)c1cn(-c2cccc([N+](=O)[O-])c2)nn1. The van der Waals surface area contributed by atoms with Gasteiger partial charge in [-0.3, -0.25) is 19.7 Å². The van der Waals surface area contributed by atoms with Crippen LogP contribution < -0.4 is 0 Å². The third kappa shape index (κ3) is 3.91. The fourth-order valence-corrected chi connectivity index (χ4v) is 2.03. The van der Waals surface area contributed by atoms with Crippen LogP contribution in [-0.2, 0) is 4.79 Å². The van der Waals surface area contributed by atoms with Crippen molar-refractivity contribution in [2.75, 3.05) is 13.1 Å². The van der Waals surface area contributed by atoms with Crippen molar-refractivity contribution in [3.63, 3.8) is 0 Å². The molecule has 0 aliphatic rings. The zero-order chi connectivity index (χ0) is 17.7. The zero-order valence-corrected chi connectivity index (χ0v) is 12.8. The molecule has 24 heavy (non-hydrogen) atoms. The molecule has 10 heteroatoms. The minimum atomic E-state index is -0.999. The Hall–Kier alpha value is -3.30. The van der Waals surface area contributed by atoms with Crippen molar-refractivity contribution in [3.8, 4) is 5.69 Å². The molecule has 1 aromatic heterocycles. The molecule has 0 aliphatic carbocycles. The monoisotopic (exact) mass is 333 g/mol. The van der Waals surface area contributed by atoms with E-state index in [-0.39, 0.29) is 24.3 Å². The number of carboxylic acids is 1. The number of nitro groups is 1. The lowest BCUT2D eigenvalue weighted by Gasteiger charge is -2.18. The number of non-ortho nitro benzene ring substituents is 1. The summed E-state index contributed by atoms with van der Waals surface area (Å²) in [6.07, 6.45) is 1.18. The van der Waals surface area contributed by atoms with Gasteiger partial charge in [-0.2, -0.15) is 0 Å². The normalized spacial score (nSPS) is 10.4. The lowest BCUT2D eigenvalue weighted by Crippen LogP contribution is -2.33. The highest BCUT2D eigenvalue weighted by Crippen LogP contribution is 2.16. The Morgan fingerprint density at radius 2 is 2.17 bits per heavy atom. The van der Waals surface area contributed by atoms with Crippen molar-refractivity contribution in [1.82, 2.24) is 19.9 Å². The Morgan fingerprint density at radius 1 is 1.42 bits per heavy atom. The molecule has 0 aliphatic heterocycles. The van der Waals surface area contributed by atoms with Crippen molar-refractivity contribution >= 4 is 17.6 Å². The number of carbonyl (C=O) groups excluding carboxylic acids is 1. The van der Waals surface area contributed by atoms with Crippen LogP contribution in [0, 0.1) is 10.1 Å². The molecule has 0 atom stereocenters. The Bertz CT molecular complexity index is 772. The second kappa shape index (κ2) is 7.31. The first kappa shape index (κ1) is 17.1. The average Bonchev–Trinajstić information content (AvgIpc) is 3.05. The second-order valence-corrected chi connectivity index (χ2v) is 4.85. The topological polar surface area (TPSA) is 131 Å². The van der Waals surface area contributed by atoms with Crippen LogP contribution in [0.1, 0.15) is 23.8 Å². The first-order chi connectivity index (χ1) is 11.4. The van der Waals surface area contributed by atoms with E-state index in [9.17, 15) is 19.7 Å². The van der Waals surface area contributed by atoms with E-state index < -0.39 is 16.8 Å². The standard InChI is InChI=1S/C14H15N5O5/c1-2-17(7-6-13(20)21)14(22)12-9-18(16-15-12)10-4-3-5-11(8-10)19(23)24/h3-5,8-9H,2,6-7H2,1H3,(H,20,21). The predicted octanol–water partition coefficient (Wildman–Crippen LogP) is 1.11. The average molecular weight is 333 g/mol. The van der Waals surface area contributed by atoms with Crippen LogP contribution in [0.5, 0.6) is 0 Å². The molecule has 1 N–H and O–H groups in total. The van der Waals surface area contributed by atoms with E-state index in [2.05, 4.69) is 10.3 Å². The van der Waals surface area contributed by atoms with Crippen LogP contribution >= 0.6 is 0 Å². The van der Waals surface area contributed by atoms with Gasteiger partial charge in [0.2, 0.25) is 0 Å². The van der Waals surface area contributed by atoms with Crippen LogP contribution in [0.4, 0.5) is 5.69 Å². The lowest BCUT2D eigenvalue weighted by atomic mass is 10.3. The Morgan fingerprint density at radius 3 is 2.79 bits per heavy atom. The highest BCUT2D eigenvalue weighted by molar-refractivity contribution is 5.92. The van der Waals surface area contributed by atoms with E-state index in [1.807, 2.05) is 0 Å². The molecule has 2 rings (SSSR count). The Balaban J connectivity index is 2.20. The van der Waals surface area contributed by atoms with Crippen LogP contribution in [0.3, 0.4) is 0 Å². The number of carbonyl (C=O) groups is 2. The summed E-state index contributed by atoms with van der Waals surface area (Å²) in [4.78, 5) is 34.6. The molecular formula is C14H15N5O5. The summed E-state index contributed by atoms with van der Waals surface area (Å²) in [5.74, 6) is -1.45. The summed E-state index contributed by atoms with van der Waals surface area (Å²) in [5, 5.41) is 27.1. The second-order valence-electron chi connectivity index (χ2n) is 4.85. The molecule has 1 aromatic carbocycles. The van der Waals surface area contributed by atoms with Gasteiger partial charge in [0.1, 0.15) is 0 Å². The molecule has 10 nitrogen and oxygen atoms in total. The molecule has 0 unspecified atom stereocenters. The molecule has 0 fully saturated rings. The molecule has 0 bridgehead atoms. The van der Waals surface area contributed by atoms with E-state index in [0.29, 0.717) is 12.2 Å². The number of rotatable bonds is 7. The van der Waals surface area contributed by atoms with Crippen molar-refractivity contribution in [1.29, 1.82) is 0 Å². The maximum Gasteiger partial charge on any atom is 0.305 e. The summed E-state index contributed by atoms with van der Waals surface area (Å²) in [6.45, 7) is 2.12. The van der Waals surface area contributed by atoms with Gasteiger partial charge in [-0.05, 0) is 13.0 Å². The van der Waals surface area contributed by atoms with E-state index in [0.717, 1.165) is 0 Å². The molecule has 0 saturated carbocycles. The Kier molecular flexibility index (Phi) is 5.20. The number of aromatic nitrogens is 3. The number of carboxylic acid groups (broad SMARTS) is 1. The van der Waals surface area contributed by atoms with Gasteiger partial charge in [0.15, 0.2) is 5.69 Å². The van der Waals surface area contributed by atoms with Gasteiger partial charge in [0, 0.05) is 25.2 Å². The van der Waals surface area contributed by atoms with E-state index >= 15 is 0 Å². The van der Waals surface area contributed by atoms with E-state index in [4.69, 9.17) is 5.11 Å². The van der Waals surface area contributed by atoms with Crippen LogP contribution in [0.15, 0.2) is 30.5 Å². The fourth-order valence-electron chi connectivity index (χ4n) is 2.03. The van der Waals surface area contributed by atoms with Crippen LogP contribution in [0.25, 0.3) is 5.69 Å². The third-order valence-electron chi connectivity index (χ3n) is 3.28. The number of amides is 1. The quantitative estimate of drug-likeness (QED) is 0.593. The number of aliphatic carboxylic acids is 1. The summed E-state index contributed by atoms with van der Waals surface area (Å²) in [5.41, 5.74) is 0.325. The van der Waals surface area contributed by atoms with Gasteiger partial charge in [-0.15, -0.1) is 5.10 Å². The minimum absolute atomic E-state index is 0.0359. The highest BCUT2D eigenvalue weighted by atomic mass is 16.6. The first-order valence-electron chi connectivity index (χ1n) is 7.10. The largest absolute Gasteiger partial charge is 0.481 e. The maximum atomic E-state index is 12.3. The molecule has 1 amide bonds. The number of benzene rings is 1. The fraction of sp³-hybridized carbons (Fsp3) is 0.286. The van der Waals surface area contributed by atoms with Crippen molar-refractivity contribution < 1.29 is 19.6 Å². The van der Waals surface area contributed by atoms with Crippen molar-refractivity contribution in [3.05, 3.63) is 46.3 Å². The van der Waals surface area contributed by atoms with Gasteiger partial charge in [-0.1, -0.05) is 11.3 Å². The minimum Gasteiger partial charge on any atom is -0.481 e. The summed E-state index contributed by atoms with van der Waals surface area (Å²) in [7, 11) is 0. The van der Waals surface area contributed by atoms with Crippen molar-refractivity contribution in [2.45, 2.75) is 13.3 Å². The molecule has 0 radical (unpaired) electrons. The van der Waals surface area contributed by atoms with Gasteiger partial charge in [0.05, 0.1) is 23.2 Å². The molecule has 1 heterocycles. The maximum absolute atomic E-state index is 12.3. The highest BCUT2D eigenvalue weighted by Gasteiger charge is 2.19. The van der Waals surface area contributed by atoms with Gasteiger partial charge < -0.3 is 10.0 Å². The lowest BCUT2D eigenvalue weighted by molar-refractivity contribution is -0.384. The molecule has 126 valence electrons. The first-order valence-corrected chi connectivity index (χ1v) is 7.10.